The van der Waals surface area contributed by atoms with E-state index < -0.39 is 5.97 Å². The molecule has 1 aliphatic heterocycles. The Morgan fingerprint density at radius 1 is 1.30 bits per heavy atom. The minimum Gasteiger partial charge on any atom is -0.497 e. The Hall–Kier alpha value is -2.21. The molecule has 0 bridgehead atoms. The van der Waals surface area contributed by atoms with Crippen molar-refractivity contribution < 1.29 is 14.6 Å². The van der Waals surface area contributed by atoms with E-state index in [1.54, 1.807) is 7.11 Å². The van der Waals surface area contributed by atoms with Gasteiger partial charge in [-0.25, -0.2) is 0 Å². The predicted molar refractivity (Wildman–Crippen MR) is 77.5 cm³/mol. The second-order valence-electron chi connectivity index (χ2n) is 4.43. The summed E-state index contributed by atoms with van der Waals surface area (Å²) < 4.78 is 5.10. The van der Waals surface area contributed by atoms with Crippen molar-refractivity contribution in [2.45, 2.75) is 6.42 Å². The second-order valence-corrected chi connectivity index (χ2v) is 4.43. The number of hydrogen-bond donors (Lipinski definition) is 2. The molecule has 6 heteroatoms. The predicted octanol–water partition coefficient (Wildman–Crippen LogP) is 1.29. The van der Waals surface area contributed by atoms with Gasteiger partial charge < -0.3 is 15.2 Å². The molecule has 1 aromatic carbocycles. The van der Waals surface area contributed by atoms with E-state index in [-0.39, 0.29) is 6.54 Å². The first-order valence-electron chi connectivity index (χ1n) is 6.32. The van der Waals surface area contributed by atoms with E-state index in [0.29, 0.717) is 19.5 Å². The average Bonchev–Trinajstić information content (AvgIpc) is 2.46. The van der Waals surface area contributed by atoms with Gasteiger partial charge in [0.25, 0.3) is 0 Å². The van der Waals surface area contributed by atoms with Gasteiger partial charge in [0, 0.05) is 30.9 Å². The largest absolute Gasteiger partial charge is 0.497 e. The van der Waals surface area contributed by atoms with Crippen LogP contribution in [0.1, 0.15) is 6.42 Å². The fraction of sp³-hybridized carbons (Fsp3) is 0.357. The molecule has 6 nitrogen and oxygen atoms in total. The van der Waals surface area contributed by atoms with Crippen LogP contribution in [0.2, 0.25) is 0 Å². The third-order valence-corrected chi connectivity index (χ3v) is 2.86. The van der Waals surface area contributed by atoms with Crippen LogP contribution in [0, 0.1) is 0 Å². The fourth-order valence-corrected chi connectivity index (χ4v) is 1.92. The average molecular weight is 275 g/mol. The number of aliphatic carboxylic acids is 1. The highest BCUT2D eigenvalue weighted by molar-refractivity contribution is 6.09. The van der Waals surface area contributed by atoms with Gasteiger partial charge in [0.15, 0.2) is 0 Å². The molecule has 2 rings (SSSR count). The highest BCUT2D eigenvalue weighted by Crippen LogP contribution is 2.18. The fourth-order valence-electron chi connectivity index (χ4n) is 1.92. The van der Waals surface area contributed by atoms with Crippen LogP contribution in [0.3, 0.4) is 0 Å². The molecule has 1 saturated heterocycles. The van der Waals surface area contributed by atoms with Crippen molar-refractivity contribution in [2.24, 2.45) is 9.98 Å². The Balaban J connectivity index is 2.05. The van der Waals surface area contributed by atoms with E-state index in [1.807, 2.05) is 24.3 Å². The number of carboxylic acid groups (broad SMARTS) is 1. The zero-order valence-corrected chi connectivity index (χ0v) is 11.3. The van der Waals surface area contributed by atoms with E-state index >= 15 is 0 Å². The molecule has 0 atom stereocenters. The van der Waals surface area contributed by atoms with Crippen LogP contribution in [-0.2, 0) is 4.79 Å². The zero-order chi connectivity index (χ0) is 14.4. The lowest BCUT2D eigenvalue weighted by atomic mass is 10.1. The van der Waals surface area contributed by atoms with Crippen molar-refractivity contribution in [1.29, 1.82) is 0 Å². The molecule has 106 valence electrons. The molecule has 0 spiro atoms. The van der Waals surface area contributed by atoms with Crippen LogP contribution in [0.25, 0.3) is 0 Å². The summed E-state index contributed by atoms with van der Waals surface area (Å²) in [6, 6.07) is 7.48. The molecule has 1 aromatic rings. The van der Waals surface area contributed by atoms with Crippen molar-refractivity contribution in [2.75, 3.05) is 26.7 Å². The Labute approximate surface area is 117 Å². The topological polar surface area (TPSA) is 83.3 Å². The van der Waals surface area contributed by atoms with Crippen LogP contribution in [0.15, 0.2) is 34.3 Å². The van der Waals surface area contributed by atoms with Crippen LogP contribution < -0.4 is 10.1 Å². The summed E-state index contributed by atoms with van der Waals surface area (Å²) in [4.78, 5) is 19.1. The quantitative estimate of drug-likeness (QED) is 0.867. The lowest BCUT2D eigenvalue weighted by Crippen LogP contribution is -2.37. The van der Waals surface area contributed by atoms with Crippen molar-refractivity contribution in [1.82, 2.24) is 5.32 Å². The maximum Gasteiger partial charge on any atom is 0.325 e. The van der Waals surface area contributed by atoms with E-state index in [0.717, 1.165) is 22.9 Å². The Kier molecular flexibility index (Phi) is 4.84. The standard InChI is InChI=1S/C14H17N3O3/c1-20-13-4-2-10(3-5-13)17-12-6-11(7-15-8-12)16-9-14(18)19/h2-5,15H,6-9H2,1H3,(H,18,19). The SMILES string of the molecule is COc1ccc(N=C2CNCC(=NCC(=O)O)C2)cc1. The minimum absolute atomic E-state index is 0.188. The van der Waals surface area contributed by atoms with Crippen molar-refractivity contribution in [3.63, 3.8) is 0 Å². The van der Waals surface area contributed by atoms with Crippen LogP contribution >= 0.6 is 0 Å². The third-order valence-electron chi connectivity index (χ3n) is 2.86. The lowest BCUT2D eigenvalue weighted by molar-refractivity contribution is -0.135. The Bertz CT molecular complexity index is 535. The monoisotopic (exact) mass is 275 g/mol. The Morgan fingerprint density at radius 3 is 2.65 bits per heavy atom. The van der Waals surface area contributed by atoms with Gasteiger partial charge in [-0.05, 0) is 24.3 Å². The van der Waals surface area contributed by atoms with E-state index in [4.69, 9.17) is 9.84 Å². The highest BCUT2D eigenvalue weighted by Gasteiger charge is 2.12. The van der Waals surface area contributed by atoms with Gasteiger partial charge in [0.05, 0.1) is 12.8 Å². The molecular formula is C14H17N3O3. The number of ether oxygens (including phenoxy) is 1. The molecule has 0 radical (unpaired) electrons. The number of carboxylic acids is 1. The first kappa shape index (κ1) is 14.2. The lowest BCUT2D eigenvalue weighted by Gasteiger charge is -2.17. The van der Waals surface area contributed by atoms with E-state index in [9.17, 15) is 4.79 Å². The number of carbonyl (C=O) groups is 1. The van der Waals surface area contributed by atoms with Crippen molar-refractivity contribution in [3.8, 4) is 5.75 Å². The number of rotatable bonds is 4. The molecule has 0 aromatic heterocycles. The van der Waals surface area contributed by atoms with E-state index in [2.05, 4.69) is 15.3 Å². The molecule has 0 unspecified atom stereocenters. The molecule has 0 saturated carbocycles. The van der Waals surface area contributed by atoms with E-state index in [1.165, 1.54) is 0 Å². The first-order valence-corrected chi connectivity index (χ1v) is 6.32. The van der Waals surface area contributed by atoms with Gasteiger partial charge >= 0.3 is 5.97 Å². The van der Waals surface area contributed by atoms with Crippen molar-refractivity contribution in [3.05, 3.63) is 24.3 Å². The molecule has 0 amide bonds. The molecule has 1 aliphatic rings. The number of hydrogen-bond acceptors (Lipinski definition) is 5. The Morgan fingerprint density at radius 2 is 2.00 bits per heavy atom. The minimum atomic E-state index is -0.920. The first-order chi connectivity index (χ1) is 9.67. The number of nitrogens with zero attached hydrogens (tertiary/aromatic N) is 2. The molecule has 2 N–H and O–H groups in total. The molecule has 1 heterocycles. The van der Waals surface area contributed by atoms with Crippen molar-refractivity contribution >= 4 is 23.1 Å². The summed E-state index contributed by atoms with van der Waals surface area (Å²) in [6.07, 6.45) is 0.617. The zero-order valence-electron chi connectivity index (χ0n) is 11.3. The maximum atomic E-state index is 10.5. The molecular weight excluding hydrogens is 258 g/mol. The van der Waals surface area contributed by atoms with Gasteiger partial charge in [-0.15, -0.1) is 0 Å². The normalized spacial score (nSPS) is 19.2. The van der Waals surface area contributed by atoms with Gasteiger partial charge in [-0.2, -0.15) is 0 Å². The number of piperidine rings is 1. The highest BCUT2D eigenvalue weighted by atomic mass is 16.5. The summed E-state index contributed by atoms with van der Waals surface area (Å²) in [5, 5.41) is 11.8. The number of methoxy groups -OCH3 is 1. The maximum absolute atomic E-state index is 10.5. The summed E-state index contributed by atoms with van der Waals surface area (Å²) in [5.41, 5.74) is 2.62. The number of nitrogens with one attached hydrogen (secondary N) is 1. The van der Waals surface area contributed by atoms with Crippen LogP contribution in [0.4, 0.5) is 5.69 Å². The smallest absolute Gasteiger partial charge is 0.325 e. The number of benzene rings is 1. The van der Waals surface area contributed by atoms with Gasteiger partial charge in [0.1, 0.15) is 12.3 Å². The molecule has 1 fully saturated rings. The molecule has 0 aliphatic carbocycles. The summed E-state index contributed by atoms with van der Waals surface area (Å²) in [6.45, 7) is 1.12. The van der Waals surface area contributed by atoms with Crippen LogP contribution in [-0.4, -0.2) is 49.2 Å². The van der Waals surface area contributed by atoms with Gasteiger partial charge in [-0.1, -0.05) is 0 Å². The summed E-state index contributed by atoms with van der Waals surface area (Å²) >= 11 is 0. The number of aliphatic imine (C=N–C) groups is 2. The second kappa shape index (κ2) is 6.81. The van der Waals surface area contributed by atoms with Crippen LogP contribution in [0.5, 0.6) is 5.75 Å². The summed E-state index contributed by atoms with van der Waals surface area (Å²) in [5.74, 6) is -0.129. The molecule has 20 heavy (non-hydrogen) atoms. The third kappa shape index (κ3) is 4.17. The van der Waals surface area contributed by atoms with Gasteiger partial charge in [-0.3, -0.25) is 14.8 Å². The van der Waals surface area contributed by atoms with Gasteiger partial charge in [0.2, 0.25) is 0 Å². The summed E-state index contributed by atoms with van der Waals surface area (Å²) in [7, 11) is 1.62.